The first kappa shape index (κ1) is 11.5. The smallest absolute Gasteiger partial charge is 0.129 e. The Morgan fingerprint density at radius 3 is 2.71 bits per heavy atom. The Labute approximate surface area is 89.1 Å². The van der Waals surface area contributed by atoms with Gasteiger partial charge in [-0.05, 0) is 25.0 Å². The lowest BCUT2D eigenvalue weighted by Gasteiger charge is -2.15. The van der Waals surface area contributed by atoms with E-state index in [9.17, 15) is 4.39 Å². The molecule has 1 nitrogen and oxygen atoms in total. The maximum absolute atomic E-state index is 13.4. The number of hydrogen-bond donors (Lipinski definition) is 1. The molecule has 0 aliphatic carbocycles. The molecule has 0 aromatic heterocycles. The summed E-state index contributed by atoms with van der Waals surface area (Å²) in [6.07, 6.45) is 1.67. The second-order valence-corrected chi connectivity index (χ2v) is 3.87. The summed E-state index contributed by atoms with van der Waals surface area (Å²) < 4.78 is 13.4. The van der Waals surface area contributed by atoms with Crippen molar-refractivity contribution in [3.8, 4) is 0 Å². The van der Waals surface area contributed by atoms with Gasteiger partial charge in [-0.25, -0.2) is 4.39 Å². The number of benzene rings is 1. The molecule has 1 rings (SSSR count). The monoisotopic (exact) mass is 215 g/mol. The van der Waals surface area contributed by atoms with Crippen LogP contribution < -0.4 is 5.73 Å². The molecule has 0 bridgehead atoms. The summed E-state index contributed by atoms with van der Waals surface area (Å²) in [4.78, 5) is 0. The molecule has 14 heavy (non-hydrogen) atoms. The molecule has 0 saturated heterocycles. The summed E-state index contributed by atoms with van der Waals surface area (Å²) >= 11 is 6.01. The molecule has 3 heteroatoms. The Bertz CT molecular complexity index is 325. The van der Waals surface area contributed by atoms with Crippen molar-refractivity contribution >= 4 is 11.6 Å². The van der Waals surface area contributed by atoms with Gasteiger partial charge in [0.05, 0.1) is 5.02 Å². The van der Waals surface area contributed by atoms with Crippen molar-refractivity contribution in [2.24, 2.45) is 5.73 Å². The Morgan fingerprint density at radius 1 is 1.50 bits per heavy atom. The van der Waals surface area contributed by atoms with Crippen molar-refractivity contribution < 1.29 is 4.39 Å². The molecule has 0 aliphatic heterocycles. The molecule has 0 saturated carbocycles. The third-order valence-corrected chi connectivity index (χ3v) is 2.79. The fourth-order valence-corrected chi connectivity index (χ4v) is 1.77. The quantitative estimate of drug-likeness (QED) is 0.820. The summed E-state index contributed by atoms with van der Waals surface area (Å²) in [7, 11) is 0. The zero-order valence-electron chi connectivity index (χ0n) is 8.48. The Hall–Kier alpha value is -0.600. The minimum Gasteiger partial charge on any atom is -0.324 e. The number of halogens is 2. The molecule has 1 atom stereocenters. The van der Waals surface area contributed by atoms with Gasteiger partial charge >= 0.3 is 0 Å². The standard InChI is InChI=1S/C11H15ClFN/c1-3-4-9(14)10-8(13)6-5-7(2)11(10)12/h5-6,9H,3-4,14H2,1-2H3/t9-/m0/s1. The van der Waals surface area contributed by atoms with Crippen LogP contribution in [-0.2, 0) is 0 Å². The predicted molar refractivity (Wildman–Crippen MR) is 58.0 cm³/mol. The largest absolute Gasteiger partial charge is 0.324 e. The van der Waals surface area contributed by atoms with Crippen LogP contribution in [0.15, 0.2) is 12.1 Å². The van der Waals surface area contributed by atoms with E-state index in [4.69, 9.17) is 17.3 Å². The highest BCUT2D eigenvalue weighted by atomic mass is 35.5. The fourth-order valence-electron chi connectivity index (χ4n) is 1.47. The van der Waals surface area contributed by atoms with Gasteiger partial charge in [0.15, 0.2) is 0 Å². The van der Waals surface area contributed by atoms with E-state index in [-0.39, 0.29) is 11.9 Å². The van der Waals surface area contributed by atoms with Gasteiger partial charge in [0, 0.05) is 11.6 Å². The second kappa shape index (κ2) is 4.76. The van der Waals surface area contributed by atoms with E-state index in [1.165, 1.54) is 6.07 Å². The first-order chi connectivity index (χ1) is 6.57. The highest BCUT2D eigenvalue weighted by Crippen LogP contribution is 2.29. The Morgan fingerprint density at radius 2 is 2.14 bits per heavy atom. The molecule has 0 spiro atoms. The van der Waals surface area contributed by atoms with Crippen LogP contribution in [0.1, 0.15) is 36.9 Å². The summed E-state index contributed by atoms with van der Waals surface area (Å²) in [5.41, 5.74) is 7.17. The van der Waals surface area contributed by atoms with Crippen LogP contribution in [0.3, 0.4) is 0 Å². The van der Waals surface area contributed by atoms with Crippen LogP contribution in [0.5, 0.6) is 0 Å². The molecule has 2 N–H and O–H groups in total. The lowest BCUT2D eigenvalue weighted by Crippen LogP contribution is -2.12. The molecule has 1 aromatic carbocycles. The number of hydrogen-bond acceptors (Lipinski definition) is 1. The van der Waals surface area contributed by atoms with Crippen LogP contribution in [-0.4, -0.2) is 0 Å². The van der Waals surface area contributed by atoms with Gasteiger partial charge in [0.25, 0.3) is 0 Å². The zero-order chi connectivity index (χ0) is 10.7. The third kappa shape index (κ3) is 2.25. The lowest BCUT2D eigenvalue weighted by atomic mass is 10.0. The molecule has 1 aromatic rings. The summed E-state index contributed by atoms with van der Waals surface area (Å²) in [6, 6.07) is 2.79. The van der Waals surface area contributed by atoms with Gasteiger partial charge < -0.3 is 5.73 Å². The molecule has 0 heterocycles. The molecule has 0 unspecified atom stereocenters. The molecule has 0 fully saturated rings. The minimum atomic E-state index is -0.304. The van der Waals surface area contributed by atoms with Gasteiger partial charge in [0.1, 0.15) is 5.82 Å². The second-order valence-electron chi connectivity index (χ2n) is 3.49. The van der Waals surface area contributed by atoms with E-state index in [1.54, 1.807) is 6.07 Å². The first-order valence-electron chi connectivity index (χ1n) is 4.78. The highest BCUT2D eigenvalue weighted by Gasteiger charge is 2.15. The molecule has 0 radical (unpaired) electrons. The molecule has 0 aliphatic rings. The van der Waals surface area contributed by atoms with Crippen molar-refractivity contribution in [2.45, 2.75) is 32.7 Å². The first-order valence-corrected chi connectivity index (χ1v) is 5.15. The molecular weight excluding hydrogens is 201 g/mol. The van der Waals surface area contributed by atoms with E-state index in [2.05, 4.69) is 0 Å². The Kier molecular flexibility index (Phi) is 3.90. The van der Waals surface area contributed by atoms with E-state index < -0.39 is 0 Å². The van der Waals surface area contributed by atoms with E-state index in [1.807, 2.05) is 13.8 Å². The number of nitrogens with two attached hydrogens (primary N) is 1. The van der Waals surface area contributed by atoms with Crippen LogP contribution in [0, 0.1) is 12.7 Å². The van der Waals surface area contributed by atoms with Crippen molar-refractivity contribution in [1.29, 1.82) is 0 Å². The zero-order valence-corrected chi connectivity index (χ0v) is 9.24. The summed E-state index contributed by atoms with van der Waals surface area (Å²) in [5, 5.41) is 0.464. The average Bonchev–Trinajstić information content (AvgIpc) is 2.13. The fraction of sp³-hybridized carbons (Fsp3) is 0.455. The third-order valence-electron chi connectivity index (χ3n) is 2.29. The minimum absolute atomic E-state index is 0.299. The average molecular weight is 216 g/mol. The SMILES string of the molecule is CCC[C@H](N)c1c(F)ccc(C)c1Cl. The van der Waals surface area contributed by atoms with Gasteiger partial charge in [-0.15, -0.1) is 0 Å². The van der Waals surface area contributed by atoms with Crippen LogP contribution >= 0.6 is 11.6 Å². The highest BCUT2D eigenvalue weighted by molar-refractivity contribution is 6.32. The van der Waals surface area contributed by atoms with E-state index in [0.717, 1.165) is 18.4 Å². The normalized spacial score (nSPS) is 12.9. The molecule has 0 amide bonds. The van der Waals surface area contributed by atoms with E-state index in [0.29, 0.717) is 10.6 Å². The molecule has 78 valence electrons. The van der Waals surface area contributed by atoms with Crippen molar-refractivity contribution in [3.05, 3.63) is 34.1 Å². The van der Waals surface area contributed by atoms with Gasteiger partial charge in [-0.1, -0.05) is 31.0 Å². The lowest BCUT2D eigenvalue weighted by molar-refractivity contribution is 0.559. The van der Waals surface area contributed by atoms with Crippen molar-refractivity contribution in [2.75, 3.05) is 0 Å². The van der Waals surface area contributed by atoms with Crippen molar-refractivity contribution in [3.63, 3.8) is 0 Å². The maximum atomic E-state index is 13.4. The Balaban J connectivity index is 3.11. The van der Waals surface area contributed by atoms with Crippen LogP contribution in [0.25, 0.3) is 0 Å². The number of aryl methyl sites for hydroxylation is 1. The molecular formula is C11H15ClFN. The van der Waals surface area contributed by atoms with Crippen molar-refractivity contribution in [1.82, 2.24) is 0 Å². The topological polar surface area (TPSA) is 26.0 Å². The predicted octanol–water partition coefficient (Wildman–Crippen LogP) is 3.59. The van der Waals surface area contributed by atoms with Crippen LogP contribution in [0.4, 0.5) is 4.39 Å². The summed E-state index contributed by atoms with van der Waals surface area (Å²) in [5.74, 6) is -0.304. The maximum Gasteiger partial charge on any atom is 0.129 e. The van der Waals surface area contributed by atoms with Gasteiger partial charge in [-0.2, -0.15) is 0 Å². The number of rotatable bonds is 3. The van der Waals surface area contributed by atoms with Gasteiger partial charge in [0.2, 0.25) is 0 Å². The summed E-state index contributed by atoms with van der Waals surface area (Å²) in [6.45, 7) is 3.87. The van der Waals surface area contributed by atoms with Crippen LogP contribution in [0.2, 0.25) is 5.02 Å². The van der Waals surface area contributed by atoms with E-state index >= 15 is 0 Å². The van der Waals surface area contributed by atoms with Gasteiger partial charge in [-0.3, -0.25) is 0 Å².